The first kappa shape index (κ1) is 15.1. The van der Waals surface area contributed by atoms with Gasteiger partial charge in [0.25, 0.3) is 0 Å². The summed E-state index contributed by atoms with van der Waals surface area (Å²) in [4.78, 5) is 27.1. The lowest BCUT2D eigenvalue weighted by molar-refractivity contribution is -0.117. The molecule has 25 heavy (non-hydrogen) atoms. The van der Waals surface area contributed by atoms with E-state index < -0.39 is 11.9 Å². The fourth-order valence-electron chi connectivity index (χ4n) is 3.19. The van der Waals surface area contributed by atoms with E-state index >= 15 is 0 Å². The second-order valence-corrected chi connectivity index (χ2v) is 5.87. The smallest absolute Gasteiger partial charge is 0.307 e. The molecule has 0 radical (unpaired) electrons. The van der Waals surface area contributed by atoms with E-state index in [0.29, 0.717) is 11.4 Å². The quantitative estimate of drug-likeness (QED) is 0.758. The fraction of sp³-hybridized carbons (Fsp3) is 0.0476. The van der Waals surface area contributed by atoms with Gasteiger partial charge in [-0.05, 0) is 29.3 Å². The second kappa shape index (κ2) is 6.24. The van der Waals surface area contributed by atoms with Crippen molar-refractivity contribution in [3.63, 3.8) is 0 Å². The van der Waals surface area contributed by atoms with Crippen LogP contribution in [-0.2, 0) is 4.79 Å². The molecule has 3 aromatic rings. The Labute approximate surface area is 145 Å². The predicted octanol–water partition coefficient (Wildman–Crippen LogP) is 4.40. The topological polar surface area (TPSA) is 49.4 Å². The molecule has 0 saturated heterocycles. The summed E-state index contributed by atoms with van der Waals surface area (Å²) in [5.74, 6) is -0.695. The van der Waals surface area contributed by atoms with Crippen LogP contribution >= 0.6 is 0 Å². The van der Waals surface area contributed by atoms with Crippen LogP contribution in [0.2, 0.25) is 0 Å². The van der Waals surface area contributed by atoms with E-state index in [1.165, 1.54) is 4.90 Å². The Kier molecular flexibility index (Phi) is 3.78. The van der Waals surface area contributed by atoms with Gasteiger partial charge in [0.1, 0.15) is 0 Å². The van der Waals surface area contributed by atoms with Crippen LogP contribution in [0.4, 0.5) is 16.2 Å². The maximum absolute atomic E-state index is 13.1. The van der Waals surface area contributed by atoms with Crippen molar-refractivity contribution in [1.82, 2.24) is 0 Å². The molecule has 0 bridgehead atoms. The SMILES string of the molecule is O=C(Nc1ccccc1)N1C(=O)C(c2ccccc2)c2ccccc21. The van der Waals surface area contributed by atoms with Gasteiger partial charge >= 0.3 is 6.03 Å². The van der Waals surface area contributed by atoms with Crippen LogP contribution in [0.25, 0.3) is 0 Å². The summed E-state index contributed by atoms with van der Waals surface area (Å²) in [6.45, 7) is 0. The van der Waals surface area contributed by atoms with Gasteiger partial charge in [0.2, 0.25) is 5.91 Å². The van der Waals surface area contributed by atoms with Crippen molar-refractivity contribution in [2.24, 2.45) is 0 Å². The van der Waals surface area contributed by atoms with Crippen molar-refractivity contribution in [2.45, 2.75) is 5.92 Å². The van der Waals surface area contributed by atoms with Crippen molar-refractivity contribution in [1.29, 1.82) is 0 Å². The number of anilines is 2. The number of carbonyl (C=O) groups excluding carboxylic acids is 2. The molecule has 1 atom stereocenters. The molecule has 1 aliphatic rings. The Morgan fingerprint density at radius 3 is 2.12 bits per heavy atom. The van der Waals surface area contributed by atoms with E-state index in [2.05, 4.69) is 5.32 Å². The molecule has 0 fully saturated rings. The minimum atomic E-state index is -0.459. The summed E-state index contributed by atoms with van der Waals surface area (Å²) < 4.78 is 0. The number of para-hydroxylation sites is 2. The maximum Gasteiger partial charge on any atom is 0.333 e. The van der Waals surface area contributed by atoms with Crippen molar-refractivity contribution in [3.8, 4) is 0 Å². The zero-order chi connectivity index (χ0) is 17.2. The summed E-state index contributed by atoms with van der Waals surface area (Å²) in [6.07, 6.45) is 0. The molecule has 0 aliphatic carbocycles. The fourth-order valence-corrected chi connectivity index (χ4v) is 3.19. The van der Waals surface area contributed by atoms with Gasteiger partial charge in [0.15, 0.2) is 0 Å². The Balaban J connectivity index is 1.72. The Morgan fingerprint density at radius 1 is 0.800 bits per heavy atom. The number of hydrogen-bond acceptors (Lipinski definition) is 2. The van der Waals surface area contributed by atoms with Crippen LogP contribution < -0.4 is 10.2 Å². The third-order valence-electron chi connectivity index (χ3n) is 4.32. The molecule has 122 valence electrons. The first-order valence-corrected chi connectivity index (χ1v) is 8.09. The van der Waals surface area contributed by atoms with E-state index in [9.17, 15) is 9.59 Å². The summed E-state index contributed by atoms with van der Waals surface area (Å²) in [6, 6.07) is 25.7. The monoisotopic (exact) mass is 328 g/mol. The Morgan fingerprint density at radius 2 is 1.40 bits per heavy atom. The van der Waals surface area contributed by atoms with Crippen molar-refractivity contribution in [3.05, 3.63) is 96.1 Å². The van der Waals surface area contributed by atoms with Gasteiger partial charge in [-0.2, -0.15) is 0 Å². The van der Waals surface area contributed by atoms with Gasteiger partial charge in [0, 0.05) is 5.69 Å². The van der Waals surface area contributed by atoms with Gasteiger partial charge < -0.3 is 5.32 Å². The first-order valence-electron chi connectivity index (χ1n) is 8.09. The third-order valence-corrected chi connectivity index (χ3v) is 4.32. The minimum absolute atomic E-state index is 0.235. The molecule has 1 heterocycles. The van der Waals surface area contributed by atoms with Crippen molar-refractivity contribution >= 4 is 23.3 Å². The molecule has 1 aliphatic heterocycles. The molecule has 1 unspecified atom stereocenters. The number of hydrogen-bond donors (Lipinski definition) is 1. The zero-order valence-corrected chi connectivity index (χ0v) is 13.4. The standard InChI is InChI=1S/C21H16N2O2/c24-20-19(15-9-3-1-4-10-15)17-13-7-8-14-18(17)23(20)21(25)22-16-11-5-2-6-12-16/h1-14,19H,(H,22,25). The molecule has 3 amide bonds. The van der Waals surface area contributed by atoms with Gasteiger partial charge in [-0.25, -0.2) is 9.69 Å². The van der Waals surface area contributed by atoms with E-state index in [0.717, 1.165) is 11.1 Å². The summed E-state index contributed by atoms with van der Waals surface area (Å²) >= 11 is 0. The van der Waals surface area contributed by atoms with E-state index in [4.69, 9.17) is 0 Å². The largest absolute Gasteiger partial charge is 0.333 e. The number of rotatable bonds is 2. The van der Waals surface area contributed by atoms with Crippen LogP contribution in [0.15, 0.2) is 84.9 Å². The van der Waals surface area contributed by atoms with Gasteiger partial charge in [-0.1, -0.05) is 66.7 Å². The van der Waals surface area contributed by atoms with Crippen LogP contribution in [-0.4, -0.2) is 11.9 Å². The number of imide groups is 1. The highest BCUT2D eigenvalue weighted by Crippen LogP contribution is 2.41. The van der Waals surface area contributed by atoms with Crippen LogP contribution in [0.1, 0.15) is 17.0 Å². The van der Waals surface area contributed by atoms with Crippen LogP contribution in [0, 0.1) is 0 Å². The van der Waals surface area contributed by atoms with E-state index in [1.54, 1.807) is 18.2 Å². The molecule has 3 aromatic carbocycles. The number of nitrogens with zero attached hydrogens (tertiary/aromatic N) is 1. The van der Waals surface area contributed by atoms with Crippen molar-refractivity contribution < 1.29 is 9.59 Å². The summed E-state index contributed by atoms with van der Waals surface area (Å²) in [7, 11) is 0. The third kappa shape index (κ3) is 2.68. The molecule has 4 rings (SSSR count). The molecule has 0 saturated carbocycles. The maximum atomic E-state index is 13.1. The lowest BCUT2D eigenvalue weighted by Crippen LogP contribution is -2.38. The Bertz CT molecular complexity index is 923. The second-order valence-electron chi connectivity index (χ2n) is 5.87. The average molecular weight is 328 g/mol. The first-order chi connectivity index (χ1) is 12.3. The minimum Gasteiger partial charge on any atom is -0.307 e. The highest BCUT2D eigenvalue weighted by molar-refractivity contribution is 6.24. The highest BCUT2D eigenvalue weighted by atomic mass is 16.2. The predicted molar refractivity (Wildman–Crippen MR) is 97.7 cm³/mol. The molecule has 1 N–H and O–H groups in total. The van der Waals surface area contributed by atoms with Gasteiger partial charge in [0.05, 0.1) is 11.6 Å². The van der Waals surface area contributed by atoms with Crippen LogP contribution in [0.5, 0.6) is 0 Å². The van der Waals surface area contributed by atoms with Gasteiger partial charge in [-0.3, -0.25) is 4.79 Å². The lowest BCUT2D eigenvalue weighted by Gasteiger charge is -2.17. The number of nitrogens with one attached hydrogen (secondary N) is 1. The number of urea groups is 1. The number of carbonyl (C=O) groups is 2. The summed E-state index contributed by atoms with van der Waals surface area (Å²) in [5, 5.41) is 2.79. The average Bonchev–Trinajstić information content (AvgIpc) is 2.95. The Hall–Kier alpha value is -3.40. The number of benzene rings is 3. The molecule has 4 nitrogen and oxygen atoms in total. The number of fused-ring (bicyclic) bond motifs is 1. The molecular weight excluding hydrogens is 312 g/mol. The van der Waals surface area contributed by atoms with Crippen LogP contribution in [0.3, 0.4) is 0 Å². The normalized spacial score (nSPS) is 15.8. The summed E-state index contributed by atoms with van der Waals surface area (Å²) in [5.41, 5.74) is 3.02. The zero-order valence-electron chi connectivity index (χ0n) is 13.4. The lowest BCUT2D eigenvalue weighted by atomic mass is 9.93. The van der Waals surface area contributed by atoms with Gasteiger partial charge in [-0.15, -0.1) is 0 Å². The molecule has 0 spiro atoms. The van der Waals surface area contributed by atoms with E-state index in [1.807, 2.05) is 66.7 Å². The molecular formula is C21H16N2O2. The molecule has 0 aromatic heterocycles. The highest BCUT2D eigenvalue weighted by Gasteiger charge is 2.41. The van der Waals surface area contributed by atoms with E-state index in [-0.39, 0.29) is 5.91 Å². The molecule has 4 heteroatoms. The van der Waals surface area contributed by atoms with Crippen molar-refractivity contribution in [2.75, 3.05) is 10.2 Å². The number of amides is 3.